The Morgan fingerprint density at radius 3 is 2.38 bits per heavy atom. The molecule has 0 radical (unpaired) electrons. The summed E-state index contributed by atoms with van der Waals surface area (Å²) < 4.78 is 28.1. The number of rotatable bonds is 4. The van der Waals surface area contributed by atoms with Crippen LogP contribution >= 0.6 is 0 Å². The Hall–Kier alpha value is -1.71. The number of ether oxygens (including phenoxy) is 1. The zero-order valence-corrected chi connectivity index (χ0v) is 12.1. The second kappa shape index (κ2) is 5.96. The van der Waals surface area contributed by atoms with E-state index in [9.17, 15) is 18.5 Å². The molecule has 1 fully saturated rings. The van der Waals surface area contributed by atoms with Gasteiger partial charge in [-0.15, -0.1) is 0 Å². The van der Waals surface area contributed by atoms with Crippen LogP contribution in [-0.4, -0.2) is 25.5 Å². The molecule has 0 heterocycles. The second-order valence-corrected chi connectivity index (χ2v) is 6.65. The molecular formula is C12H17N3O5S. The molecule has 4 N–H and O–H groups in total. The Labute approximate surface area is 122 Å². The maximum Gasteiger partial charge on any atom is 0.312 e. The number of hydrogen-bond donors (Lipinski definition) is 2. The van der Waals surface area contributed by atoms with Crippen molar-refractivity contribution in [1.29, 1.82) is 0 Å². The summed E-state index contributed by atoms with van der Waals surface area (Å²) in [5, 5.41) is 16.0. The summed E-state index contributed by atoms with van der Waals surface area (Å²) in [7, 11) is -3.99. The third-order valence-electron chi connectivity index (χ3n) is 3.47. The van der Waals surface area contributed by atoms with E-state index in [1.54, 1.807) is 0 Å². The van der Waals surface area contributed by atoms with Crippen LogP contribution in [0.4, 0.5) is 5.69 Å². The summed E-state index contributed by atoms with van der Waals surface area (Å²) in [6.45, 7) is 0. The number of nitrogens with zero attached hydrogens (tertiary/aromatic N) is 1. The molecule has 0 aliphatic heterocycles. The van der Waals surface area contributed by atoms with E-state index in [1.165, 1.54) is 12.1 Å². The van der Waals surface area contributed by atoms with Gasteiger partial charge in [-0.1, -0.05) is 0 Å². The fraction of sp³-hybridized carbons (Fsp3) is 0.500. The lowest BCUT2D eigenvalue weighted by Gasteiger charge is -2.26. The van der Waals surface area contributed by atoms with Crippen LogP contribution in [0.1, 0.15) is 25.7 Å². The van der Waals surface area contributed by atoms with Crippen molar-refractivity contribution in [2.75, 3.05) is 0 Å². The third-order valence-corrected chi connectivity index (χ3v) is 4.38. The summed E-state index contributed by atoms with van der Waals surface area (Å²) in [5.41, 5.74) is 5.39. The van der Waals surface area contributed by atoms with Crippen LogP contribution in [-0.2, 0) is 10.0 Å². The van der Waals surface area contributed by atoms with Gasteiger partial charge in [0.2, 0.25) is 10.0 Å². The highest BCUT2D eigenvalue weighted by molar-refractivity contribution is 7.89. The molecule has 1 aliphatic rings. The van der Waals surface area contributed by atoms with Gasteiger partial charge in [0.05, 0.1) is 15.9 Å². The Morgan fingerprint density at radius 2 is 1.86 bits per heavy atom. The average Bonchev–Trinajstić information content (AvgIpc) is 2.40. The van der Waals surface area contributed by atoms with Gasteiger partial charge in [-0.05, 0) is 37.8 Å². The molecule has 0 atom stereocenters. The van der Waals surface area contributed by atoms with Gasteiger partial charge in [0.15, 0.2) is 5.75 Å². The summed E-state index contributed by atoms with van der Waals surface area (Å²) in [6, 6.07) is 3.53. The summed E-state index contributed by atoms with van der Waals surface area (Å²) in [5.74, 6) is 0.0490. The molecular weight excluding hydrogens is 298 g/mol. The van der Waals surface area contributed by atoms with Gasteiger partial charge in [-0.25, -0.2) is 13.6 Å². The van der Waals surface area contributed by atoms with E-state index in [1.807, 2.05) is 0 Å². The molecule has 1 saturated carbocycles. The predicted molar refractivity (Wildman–Crippen MR) is 75.3 cm³/mol. The molecule has 1 aliphatic carbocycles. The van der Waals surface area contributed by atoms with Crippen molar-refractivity contribution in [2.45, 2.75) is 42.7 Å². The topological polar surface area (TPSA) is 139 Å². The van der Waals surface area contributed by atoms with Crippen molar-refractivity contribution >= 4 is 15.7 Å². The van der Waals surface area contributed by atoms with Gasteiger partial charge < -0.3 is 10.5 Å². The Kier molecular flexibility index (Phi) is 4.45. The quantitative estimate of drug-likeness (QED) is 0.625. The minimum Gasteiger partial charge on any atom is -0.484 e. The van der Waals surface area contributed by atoms with Crippen molar-refractivity contribution < 1.29 is 18.1 Å². The first-order chi connectivity index (χ1) is 9.77. The number of nitrogens with two attached hydrogens (primary N) is 2. The lowest BCUT2D eigenvalue weighted by Crippen LogP contribution is -2.31. The molecule has 0 bridgehead atoms. The van der Waals surface area contributed by atoms with Gasteiger partial charge >= 0.3 is 5.69 Å². The highest BCUT2D eigenvalue weighted by atomic mass is 32.2. The van der Waals surface area contributed by atoms with E-state index in [-0.39, 0.29) is 22.8 Å². The Morgan fingerprint density at radius 1 is 1.24 bits per heavy atom. The maximum absolute atomic E-state index is 11.2. The fourth-order valence-corrected chi connectivity index (χ4v) is 2.84. The van der Waals surface area contributed by atoms with E-state index in [0.717, 1.165) is 31.7 Å². The minimum absolute atomic E-state index is 0.0490. The van der Waals surface area contributed by atoms with Gasteiger partial charge in [0, 0.05) is 12.1 Å². The van der Waals surface area contributed by atoms with Crippen molar-refractivity contribution in [1.82, 2.24) is 0 Å². The molecule has 0 aromatic heterocycles. The molecule has 0 amide bonds. The molecule has 0 spiro atoms. The molecule has 0 unspecified atom stereocenters. The van der Waals surface area contributed by atoms with Crippen molar-refractivity contribution in [3.8, 4) is 5.75 Å². The molecule has 2 rings (SSSR count). The number of primary sulfonamides is 1. The van der Waals surface area contributed by atoms with Crippen LogP contribution in [0.2, 0.25) is 0 Å². The van der Waals surface area contributed by atoms with Crippen molar-refractivity contribution in [2.24, 2.45) is 10.9 Å². The van der Waals surface area contributed by atoms with Gasteiger partial charge in [0.25, 0.3) is 0 Å². The number of nitro benzene ring substituents is 1. The van der Waals surface area contributed by atoms with Gasteiger partial charge in [0.1, 0.15) is 0 Å². The predicted octanol–water partition coefficient (Wildman–Crippen LogP) is 0.891. The first-order valence-corrected chi connectivity index (χ1v) is 8.05. The first-order valence-electron chi connectivity index (χ1n) is 6.51. The number of benzene rings is 1. The number of sulfonamides is 1. The summed E-state index contributed by atoms with van der Waals surface area (Å²) in [6.07, 6.45) is 2.88. The van der Waals surface area contributed by atoms with Crippen LogP contribution in [0.3, 0.4) is 0 Å². The van der Waals surface area contributed by atoms with E-state index < -0.39 is 20.6 Å². The van der Waals surface area contributed by atoms with Crippen LogP contribution < -0.4 is 15.6 Å². The normalized spacial score (nSPS) is 22.8. The van der Waals surface area contributed by atoms with E-state index in [4.69, 9.17) is 15.6 Å². The smallest absolute Gasteiger partial charge is 0.312 e. The Bertz CT molecular complexity index is 638. The maximum atomic E-state index is 11.2. The molecule has 21 heavy (non-hydrogen) atoms. The van der Waals surface area contributed by atoms with E-state index in [0.29, 0.717) is 0 Å². The van der Waals surface area contributed by atoms with E-state index in [2.05, 4.69) is 0 Å². The van der Waals surface area contributed by atoms with Crippen molar-refractivity contribution in [3.63, 3.8) is 0 Å². The molecule has 1 aromatic carbocycles. The molecule has 9 heteroatoms. The van der Waals surface area contributed by atoms with Gasteiger partial charge in [-0.2, -0.15) is 0 Å². The SMILES string of the molecule is NS(=O)(=O)c1ccc(O[C@H]2CC[C@H](N)CC2)c([N+](=O)[O-])c1. The highest BCUT2D eigenvalue weighted by Crippen LogP contribution is 2.32. The zero-order chi connectivity index (χ0) is 15.6. The lowest BCUT2D eigenvalue weighted by atomic mass is 9.94. The largest absolute Gasteiger partial charge is 0.484 e. The monoisotopic (exact) mass is 315 g/mol. The Balaban J connectivity index is 2.25. The molecule has 116 valence electrons. The average molecular weight is 315 g/mol. The molecule has 1 aromatic rings. The number of hydrogen-bond acceptors (Lipinski definition) is 6. The fourth-order valence-electron chi connectivity index (χ4n) is 2.30. The van der Waals surface area contributed by atoms with Crippen LogP contribution in [0.5, 0.6) is 5.75 Å². The molecule has 0 saturated heterocycles. The zero-order valence-electron chi connectivity index (χ0n) is 11.3. The highest BCUT2D eigenvalue weighted by Gasteiger charge is 2.25. The van der Waals surface area contributed by atoms with Crippen molar-refractivity contribution in [3.05, 3.63) is 28.3 Å². The minimum atomic E-state index is -3.99. The molecule has 8 nitrogen and oxygen atoms in total. The standard InChI is InChI=1S/C12H17N3O5S/c13-8-1-3-9(4-2-8)20-12-6-5-10(21(14,18)19)7-11(12)15(16)17/h5-9H,1-4,13H2,(H2,14,18,19)/t8-,9-. The van der Waals surface area contributed by atoms with Crippen LogP contribution in [0, 0.1) is 10.1 Å². The second-order valence-electron chi connectivity index (χ2n) is 5.09. The lowest BCUT2D eigenvalue weighted by molar-refractivity contribution is -0.386. The van der Waals surface area contributed by atoms with Crippen LogP contribution in [0.15, 0.2) is 23.1 Å². The summed E-state index contributed by atoms with van der Waals surface area (Å²) in [4.78, 5) is 10.1. The third kappa shape index (κ3) is 3.90. The summed E-state index contributed by atoms with van der Waals surface area (Å²) >= 11 is 0. The van der Waals surface area contributed by atoms with Crippen LogP contribution in [0.25, 0.3) is 0 Å². The van der Waals surface area contributed by atoms with Gasteiger partial charge in [-0.3, -0.25) is 10.1 Å². The first kappa shape index (κ1) is 15.7. The van der Waals surface area contributed by atoms with E-state index >= 15 is 0 Å². The number of nitro groups is 1.